The topological polar surface area (TPSA) is 49.4 Å². The minimum absolute atomic E-state index is 0.0609. The Morgan fingerprint density at radius 2 is 1.52 bits per heavy atom. The highest BCUT2D eigenvalue weighted by Gasteiger charge is 2.36. The van der Waals surface area contributed by atoms with Crippen molar-refractivity contribution in [2.45, 2.75) is 32.4 Å². The number of nitrogens with zero attached hydrogens (tertiary/aromatic N) is 1. The summed E-state index contributed by atoms with van der Waals surface area (Å²) in [7, 11) is 0. The van der Waals surface area contributed by atoms with Crippen molar-refractivity contribution in [2.24, 2.45) is 5.92 Å². The van der Waals surface area contributed by atoms with Crippen molar-refractivity contribution in [2.75, 3.05) is 6.54 Å². The number of rotatable bonds is 5. The minimum Gasteiger partial charge on any atom is -0.345 e. The highest BCUT2D eigenvalue weighted by Crippen LogP contribution is 2.25. The van der Waals surface area contributed by atoms with Gasteiger partial charge >= 0.3 is 0 Å². The fraction of sp³-hybridized carbons (Fsp3) is 0.333. The lowest BCUT2D eigenvalue weighted by molar-refractivity contribution is -0.130. The summed E-state index contributed by atoms with van der Waals surface area (Å²) in [5.74, 6) is -0.287. The third kappa shape index (κ3) is 3.90. The fourth-order valence-corrected chi connectivity index (χ4v) is 3.32. The van der Waals surface area contributed by atoms with Crippen LogP contribution >= 0.6 is 0 Å². The number of nitrogens with one attached hydrogen (secondary N) is 1. The van der Waals surface area contributed by atoms with Gasteiger partial charge in [0.15, 0.2) is 0 Å². The van der Waals surface area contributed by atoms with E-state index in [1.165, 1.54) is 0 Å². The molecule has 4 heteroatoms. The molecule has 0 unspecified atom stereocenters. The first kappa shape index (κ1) is 17.2. The maximum atomic E-state index is 12.8. The van der Waals surface area contributed by atoms with Crippen LogP contribution in [0.15, 0.2) is 60.7 Å². The highest BCUT2D eigenvalue weighted by atomic mass is 16.2. The van der Waals surface area contributed by atoms with E-state index >= 15 is 0 Å². The number of hydrogen-bond acceptors (Lipinski definition) is 2. The van der Waals surface area contributed by atoms with Crippen LogP contribution in [-0.4, -0.2) is 29.3 Å². The molecule has 0 radical (unpaired) electrons. The van der Waals surface area contributed by atoms with Gasteiger partial charge in [0, 0.05) is 19.0 Å². The van der Waals surface area contributed by atoms with Crippen LogP contribution in [0.5, 0.6) is 0 Å². The smallest absolute Gasteiger partial charge is 0.226 e. The molecular weight excluding hydrogens is 312 g/mol. The van der Waals surface area contributed by atoms with Gasteiger partial charge in [-0.25, -0.2) is 0 Å². The van der Waals surface area contributed by atoms with E-state index in [2.05, 4.69) is 5.32 Å². The molecule has 4 nitrogen and oxygen atoms in total. The molecule has 0 bridgehead atoms. The van der Waals surface area contributed by atoms with Gasteiger partial charge in [-0.1, -0.05) is 60.7 Å². The van der Waals surface area contributed by atoms with E-state index in [0.29, 0.717) is 13.0 Å². The van der Waals surface area contributed by atoms with Gasteiger partial charge in [0.25, 0.3) is 0 Å². The van der Waals surface area contributed by atoms with Crippen LogP contribution in [0.2, 0.25) is 0 Å². The molecule has 1 saturated heterocycles. The maximum Gasteiger partial charge on any atom is 0.226 e. The summed E-state index contributed by atoms with van der Waals surface area (Å²) in [6.45, 7) is 4.46. The Morgan fingerprint density at radius 3 is 1.96 bits per heavy atom. The predicted molar refractivity (Wildman–Crippen MR) is 97.8 cm³/mol. The van der Waals surface area contributed by atoms with Crippen molar-refractivity contribution in [1.29, 1.82) is 0 Å². The van der Waals surface area contributed by atoms with Gasteiger partial charge in [-0.05, 0) is 25.0 Å². The molecule has 1 N–H and O–H groups in total. The standard InChI is InChI=1S/C21H24N2O2/c1-15(2)23-14-18(13-19(23)24)21(25)22-20(16-9-5-3-6-10-16)17-11-7-4-8-12-17/h3-12,15,18,20H,13-14H2,1-2H3,(H,22,25)/t18-/m1/s1. The SMILES string of the molecule is CC(C)N1C[C@H](C(=O)NC(c2ccccc2)c2ccccc2)CC1=O. The van der Waals surface area contributed by atoms with Gasteiger partial charge in [-0.15, -0.1) is 0 Å². The molecule has 130 valence electrons. The van der Waals surface area contributed by atoms with Gasteiger partial charge in [0.05, 0.1) is 12.0 Å². The fourth-order valence-electron chi connectivity index (χ4n) is 3.32. The quantitative estimate of drug-likeness (QED) is 0.912. The number of benzene rings is 2. The van der Waals surface area contributed by atoms with Crippen molar-refractivity contribution >= 4 is 11.8 Å². The van der Waals surface area contributed by atoms with Crippen molar-refractivity contribution in [3.8, 4) is 0 Å². The Morgan fingerprint density at radius 1 is 1.00 bits per heavy atom. The Kier molecular flexibility index (Phi) is 5.17. The van der Waals surface area contributed by atoms with Gasteiger partial charge in [-0.2, -0.15) is 0 Å². The second kappa shape index (κ2) is 7.51. The van der Waals surface area contributed by atoms with Gasteiger partial charge in [-0.3, -0.25) is 9.59 Å². The number of carbonyl (C=O) groups is 2. The van der Waals surface area contributed by atoms with Gasteiger partial charge < -0.3 is 10.2 Å². The first-order valence-electron chi connectivity index (χ1n) is 8.76. The molecule has 0 aliphatic carbocycles. The average Bonchev–Trinajstić information content (AvgIpc) is 3.03. The molecular formula is C21H24N2O2. The third-order valence-corrected chi connectivity index (χ3v) is 4.70. The molecule has 1 fully saturated rings. The van der Waals surface area contributed by atoms with E-state index in [1.54, 1.807) is 4.90 Å². The summed E-state index contributed by atoms with van der Waals surface area (Å²) in [6.07, 6.45) is 0.292. The molecule has 3 rings (SSSR count). The summed E-state index contributed by atoms with van der Waals surface area (Å²) < 4.78 is 0. The first-order valence-corrected chi connectivity index (χ1v) is 8.76. The number of carbonyl (C=O) groups excluding carboxylic acids is 2. The van der Waals surface area contributed by atoms with Crippen molar-refractivity contribution in [3.05, 3.63) is 71.8 Å². The molecule has 2 aromatic carbocycles. The van der Waals surface area contributed by atoms with Crippen molar-refractivity contribution in [3.63, 3.8) is 0 Å². The maximum absolute atomic E-state index is 12.8. The van der Waals surface area contributed by atoms with E-state index in [9.17, 15) is 9.59 Å². The molecule has 0 saturated carbocycles. The minimum atomic E-state index is -0.287. The summed E-state index contributed by atoms with van der Waals surface area (Å²) in [5, 5.41) is 3.15. The normalized spacial score (nSPS) is 17.4. The molecule has 1 aliphatic rings. The highest BCUT2D eigenvalue weighted by molar-refractivity contribution is 5.89. The monoisotopic (exact) mass is 336 g/mol. The molecule has 25 heavy (non-hydrogen) atoms. The molecule has 1 heterocycles. The molecule has 1 atom stereocenters. The third-order valence-electron chi connectivity index (χ3n) is 4.70. The van der Waals surface area contributed by atoms with Crippen LogP contribution in [-0.2, 0) is 9.59 Å². The van der Waals surface area contributed by atoms with Crippen molar-refractivity contribution < 1.29 is 9.59 Å². The molecule has 2 aromatic rings. The second-order valence-corrected chi connectivity index (χ2v) is 6.80. The summed E-state index contributed by atoms with van der Waals surface area (Å²) in [5.41, 5.74) is 2.07. The van der Waals surface area contributed by atoms with E-state index in [0.717, 1.165) is 11.1 Å². The zero-order valence-electron chi connectivity index (χ0n) is 14.7. The lowest BCUT2D eigenvalue weighted by Gasteiger charge is -2.23. The Labute approximate surface area is 148 Å². The Balaban J connectivity index is 1.79. The zero-order chi connectivity index (χ0) is 17.8. The van der Waals surface area contributed by atoms with E-state index in [4.69, 9.17) is 0 Å². The number of amides is 2. The largest absolute Gasteiger partial charge is 0.345 e. The van der Waals surface area contributed by atoms with E-state index in [1.807, 2.05) is 74.5 Å². The lowest BCUT2D eigenvalue weighted by atomic mass is 9.97. The predicted octanol–water partition coefficient (Wildman–Crippen LogP) is 3.15. The van der Waals surface area contributed by atoms with Crippen LogP contribution in [0.1, 0.15) is 37.4 Å². The zero-order valence-corrected chi connectivity index (χ0v) is 14.7. The van der Waals surface area contributed by atoms with Gasteiger partial charge in [0.1, 0.15) is 0 Å². The molecule has 0 spiro atoms. The number of likely N-dealkylation sites (tertiary alicyclic amines) is 1. The van der Waals surface area contributed by atoms with Crippen molar-refractivity contribution in [1.82, 2.24) is 10.2 Å². The van der Waals surface area contributed by atoms with E-state index in [-0.39, 0.29) is 29.8 Å². The van der Waals surface area contributed by atoms with Gasteiger partial charge in [0.2, 0.25) is 11.8 Å². The molecule has 2 amide bonds. The number of hydrogen-bond donors (Lipinski definition) is 1. The molecule has 0 aromatic heterocycles. The average molecular weight is 336 g/mol. The van der Waals surface area contributed by atoms with Crippen LogP contribution < -0.4 is 5.32 Å². The van der Waals surface area contributed by atoms with Crippen LogP contribution in [0.3, 0.4) is 0 Å². The molecule has 1 aliphatic heterocycles. The second-order valence-electron chi connectivity index (χ2n) is 6.80. The Bertz CT molecular complexity index is 689. The summed E-state index contributed by atoms with van der Waals surface area (Å²) in [4.78, 5) is 26.7. The van der Waals surface area contributed by atoms with Crippen LogP contribution in [0.4, 0.5) is 0 Å². The van der Waals surface area contributed by atoms with E-state index < -0.39 is 0 Å². The van der Waals surface area contributed by atoms with Crippen LogP contribution in [0.25, 0.3) is 0 Å². The first-order chi connectivity index (χ1) is 12.1. The summed E-state index contributed by atoms with van der Waals surface area (Å²) in [6, 6.07) is 19.8. The lowest BCUT2D eigenvalue weighted by Crippen LogP contribution is -2.37. The summed E-state index contributed by atoms with van der Waals surface area (Å²) >= 11 is 0. The Hall–Kier alpha value is -2.62. The van der Waals surface area contributed by atoms with Crippen LogP contribution in [0, 0.1) is 5.92 Å².